The van der Waals surface area contributed by atoms with Crippen LogP contribution in [0.15, 0.2) is 28.7 Å². The number of thiophene rings is 1. The van der Waals surface area contributed by atoms with E-state index >= 15 is 0 Å². The fourth-order valence-corrected chi connectivity index (χ4v) is 4.71. The lowest BCUT2D eigenvalue weighted by atomic mass is 10.3. The molecule has 0 spiro atoms. The van der Waals surface area contributed by atoms with Crippen molar-refractivity contribution >= 4 is 27.0 Å². The smallest absolute Gasteiger partial charge is 0.263 e. The first-order valence-electron chi connectivity index (χ1n) is 6.35. The fourth-order valence-electron chi connectivity index (χ4n) is 1.86. The lowest BCUT2D eigenvalue weighted by molar-refractivity contribution is 0.596. The molecule has 5 nitrogen and oxygen atoms in total. The molecule has 8 heteroatoms. The number of nitrogens with zero attached hydrogens (tertiary/aromatic N) is 1. The number of hydrogen-bond donors (Lipinski definition) is 2. The molecule has 2 aromatic rings. The van der Waals surface area contributed by atoms with E-state index in [4.69, 9.17) is 0 Å². The van der Waals surface area contributed by atoms with Gasteiger partial charge in [0.1, 0.15) is 4.90 Å². The van der Waals surface area contributed by atoms with Crippen LogP contribution in [0.25, 0.3) is 0 Å². The molecular formula is C13H16FN3O2S2. The van der Waals surface area contributed by atoms with Gasteiger partial charge in [0.15, 0.2) is 5.82 Å². The molecule has 114 valence electrons. The zero-order valence-electron chi connectivity index (χ0n) is 11.7. The number of nitrogens with one attached hydrogen (secondary N) is 2. The summed E-state index contributed by atoms with van der Waals surface area (Å²) in [5.74, 6) is -0.706. The van der Waals surface area contributed by atoms with E-state index < -0.39 is 15.8 Å². The maximum absolute atomic E-state index is 13.6. The SMILES string of the molecule is CCNCc1scc(C)c1S(=O)(=O)Nc1ccncc1F. The van der Waals surface area contributed by atoms with E-state index in [0.717, 1.165) is 12.7 Å². The predicted octanol–water partition coefficient (Wildman–Crippen LogP) is 2.50. The molecule has 0 atom stereocenters. The Kier molecular flexibility index (Phi) is 4.92. The minimum Gasteiger partial charge on any atom is -0.312 e. The Bertz CT molecular complexity index is 729. The van der Waals surface area contributed by atoms with E-state index in [1.54, 1.807) is 12.3 Å². The number of aryl methyl sites for hydroxylation is 1. The molecule has 0 aliphatic carbocycles. The van der Waals surface area contributed by atoms with Gasteiger partial charge in [-0.2, -0.15) is 0 Å². The van der Waals surface area contributed by atoms with Gasteiger partial charge < -0.3 is 5.32 Å². The van der Waals surface area contributed by atoms with Crippen LogP contribution in [0.5, 0.6) is 0 Å². The van der Waals surface area contributed by atoms with E-state index in [2.05, 4.69) is 15.0 Å². The number of rotatable bonds is 6. The van der Waals surface area contributed by atoms with Crippen molar-refractivity contribution in [3.05, 3.63) is 40.1 Å². The summed E-state index contributed by atoms with van der Waals surface area (Å²) in [5, 5.41) is 4.88. The molecule has 0 fully saturated rings. The van der Waals surface area contributed by atoms with Gasteiger partial charge in [-0.3, -0.25) is 9.71 Å². The Balaban J connectivity index is 2.36. The van der Waals surface area contributed by atoms with Gasteiger partial charge in [-0.25, -0.2) is 12.8 Å². The quantitative estimate of drug-likeness (QED) is 0.854. The Morgan fingerprint density at radius 1 is 1.43 bits per heavy atom. The van der Waals surface area contributed by atoms with Crippen LogP contribution in [0.3, 0.4) is 0 Å². The number of halogens is 1. The van der Waals surface area contributed by atoms with Crippen LogP contribution < -0.4 is 10.0 Å². The molecule has 21 heavy (non-hydrogen) atoms. The molecule has 0 saturated carbocycles. The van der Waals surface area contributed by atoms with Crippen LogP contribution in [0.1, 0.15) is 17.4 Å². The number of pyridine rings is 1. The molecule has 2 aromatic heterocycles. The van der Waals surface area contributed by atoms with E-state index in [1.807, 2.05) is 6.92 Å². The fraction of sp³-hybridized carbons (Fsp3) is 0.308. The highest BCUT2D eigenvalue weighted by atomic mass is 32.2. The minimum absolute atomic E-state index is 0.106. The number of aromatic nitrogens is 1. The third-order valence-corrected chi connectivity index (χ3v) is 5.64. The molecule has 0 unspecified atom stereocenters. The highest BCUT2D eigenvalue weighted by Crippen LogP contribution is 2.29. The predicted molar refractivity (Wildman–Crippen MR) is 81.4 cm³/mol. The summed E-state index contributed by atoms with van der Waals surface area (Å²) in [6.07, 6.45) is 2.30. The lowest BCUT2D eigenvalue weighted by Crippen LogP contribution is -2.18. The Labute approximate surface area is 127 Å². The molecule has 2 N–H and O–H groups in total. The van der Waals surface area contributed by atoms with Crippen LogP contribution in [-0.4, -0.2) is 19.9 Å². The van der Waals surface area contributed by atoms with Crippen LogP contribution in [0.4, 0.5) is 10.1 Å². The van der Waals surface area contributed by atoms with Gasteiger partial charge in [-0.15, -0.1) is 11.3 Å². The number of hydrogen-bond acceptors (Lipinski definition) is 5. The molecule has 0 amide bonds. The molecule has 0 saturated heterocycles. The third-order valence-electron chi connectivity index (χ3n) is 2.81. The van der Waals surface area contributed by atoms with Gasteiger partial charge in [0, 0.05) is 17.6 Å². The van der Waals surface area contributed by atoms with Gasteiger partial charge in [0.2, 0.25) is 0 Å². The van der Waals surface area contributed by atoms with Crippen molar-refractivity contribution in [1.82, 2.24) is 10.3 Å². The summed E-state index contributed by atoms with van der Waals surface area (Å²) in [6, 6.07) is 1.29. The summed E-state index contributed by atoms with van der Waals surface area (Å²) >= 11 is 1.37. The monoisotopic (exact) mass is 329 g/mol. The number of sulfonamides is 1. The van der Waals surface area contributed by atoms with Crippen molar-refractivity contribution < 1.29 is 12.8 Å². The van der Waals surface area contributed by atoms with Gasteiger partial charge >= 0.3 is 0 Å². The van der Waals surface area contributed by atoms with Crippen molar-refractivity contribution in [3.8, 4) is 0 Å². The van der Waals surface area contributed by atoms with Crippen molar-refractivity contribution in [3.63, 3.8) is 0 Å². The molecule has 0 bridgehead atoms. The van der Waals surface area contributed by atoms with E-state index in [9.17, 15) is 12.8 Å². The zero-order valence-corrected chi connectivity index (χ0v) is 13.3. The van der Waals surface area contributed by atoms with Gasteiger partial charge in [0.25, 0.3) is 10.0 Å². The summed E-state index contributed by atoms with van der Waals surface area (Å²) in [4.78, 5) is 4.51. The van der Waals surface area contributed by atoms with Crippen molar-refractivity contribution in [2.24, 2.45) is 0 Å². The molecular weight excluding hydrogens is 313 g/mol. The Hall–Kier alpha value is -1.51. The van der Waals surface area contributed by atoms with E-state index in [-0.39, 0.29) is 10.6 Å². The highest BCUT2D eigenvalue weighted by molar-refractivity contribution is 7.93. The summed E-state index contributed by atoms with van der Waals surface area (Å²) in [7, 11) is -3.83. The second kappa shape index (κ2) is 6.50. The summed E-state index contributed by atoms with van der Waals surface area (Å²) in [6.45, 7) is 4.87. The molecule has 0 aliphatic heterocycles. The highest BCUT2D eigenvalue weighted by Gasteiger charge is 2.23. The third kappa shape index (κ3) is 3.58. The normalized spacial score (nSPS) is 11.6. The molecule has 0 aliphatic rings. The van der Waals surface area contributed by atoms with Crippen molar-refractivity contribution in [1.29, 1.82) is 0 Å². The lowest BCUT2D eigenvalue weighted by Gasteiger charge is -2.11. The standard InChI is InChI=1S/C13H16FN3O2S2/c1-3-15-7-12-13(9(2)8-20-12)21(18,19)17-11-4-5-16-6-10(11)14/h4-6,8,15H,3,7H2,1-2H3,(H,16,17). The molecule has 0 aromatic carbocycles. The van der Waals surface area contributed by atoms with Crippen LogP contribution in [0.2, 0.25) is 0 Å². The van der Waals surface area contributed by atoms with Crippen LogP contribution >= 0.6 is 11.3 Å². The first kappa shape index (κ1) is 15.9. The summed E-state index contributed by atoms with van der Waals surface area (Å²) < 4.78 is 40.8. The van der Waals surface area contributed by atoms with E-state index in [1.165, 1.54) is 23.6 Å². The number of anilines is 1. The first-order chi connectivity index (χ1) is 9.95. The average molecular weight is 329 g/mol. The summed E-state index contributed by atoms with van der Waals surface area (Å²) in [5.41, 5.74) is 0.542. The van der Waals surface area contributed by atoms with Crippen LogP contribution in [0, 0.1) is 12.7 Å². The Morgan fingerprint density at radius 2 is 2.19 bits per heavy atom. The maximum atomic E-state index is 13.6. The van der Waals surface area contributed by atoms with Crippen LogP contribution in [-0.2, 0) is 16.6 Å². The molecule has 0 radical (unpaired) electrons. The topological polar surface area (TPSA) is 71.1 Å². The second-order valence-electron chi connectivity index (χ2n) is 4.41. The van der Waals surface area contributed by atoms with Gasteiger partial charge in [0.05, 0.1) is 11.9 Å². The van der Waals surface area contributed by atoms with Crippen molar-refractivity contribution in [2.45, 2.75) is 25.3 Å². The van der Waals surface area contributed by atoms with Crippen molar-refractivity contribution in [2.75, 3.05) is 11.3 Å². The van der Waals surface area contributed by atoms with E-state index in [0.29, 0.717) is 17.0 Å². The minimum atomic E-state index is -3.83. The zero-order chi connectivity index (χ0) is 15.5. The second-order valence-corrected chi connectivity index (χ2v) is 7.00. The Morgan fingerprint density at radius 3 is 2.86 bits per heavy atom. The maximum Gasteiger partial charge on any atom is 0.263 e. The molecule has 2 heterocycles. The average Bonchev–Trinajstić information content (AvgIpc) is 2.81. The largest absolute Gasteiger partial charge is 0.312 e. The van der Waals surface area contributed by atoms with Gasteiger partial charge in [-0.1, -0.05) is 6.92 Å². The van der Waals surface area contributed by atoms with Gasteiger partial charge in [-0.05, 0) is 30.5 Å². The first-order valence-corrected chi connectivity index (χ1v) is 8.72. The molecule has 2 rings (SSSR count).